The molecule has 1 fully saturated rings. The summed E-state index contributed by atoms with van der Waals surface area (Å²) >= 11 is 5.43. The van der Waals surface area contributed by atoms with E-state index in [-0.39, 0.29) is 11.6 Å². The minimum atomic E-state index is 0.177. The van der Waals surface area contributed by atoms with Crippen LogP contribution in [0.1, 0.15) is 37.5 Å². The van der Waals surface area contributed by atoms with E-state index in [0.29, 0.717) is 0 Å². The molecular weight excluding hydrogens is 320 g/mol. The largest absolute Gasteiger partial charge is 0.326 e. The van der Waals surface area contributed by atoms with Crippen molar-refractivity contribution in [2.24, 2.45) is 11.7 Å². The minimum Gasteiger partial charge on any atom is -0.326 e. The van der Waals surface area contributed by atoms with Gasteiger partial charge in [0, 0.05) is 20.9 Å². The summed E-state index contributed by atoms with van der Waals surface area (Å²) in [5, 5.41) is 2.14. The van der Waals surface area contributed by atoms with Crippen LogP contribution in [0.15, 0.2) is 15.9 Å². The summed E-state index contributed by atoms with van der Waals surface area (Å²) in [6, 6.07) is 2.34. The summed E-state index contributed by atoms with van der Waals surface area (Å²) in [5.74, 6) is 0.855. The molecule has 4 heteroatoms. The lowest BCUT2D eigenvalue weighted by molar-refractivity contribution is 0.0570. The topological polar surface area (TPSA) is 29.3 Å². The summed E-state index contributed by atoms with van der Waals surface area (Å²) in [6.07, 6.45) is 6.04. The molecule has 108 valence electrons. The first-order chi connectivity index (χ1) is 8.95. The van der Waals surface area contributed by atoms with Crippen molar-refractivity contribution in [3.8, 4) is 0 Å². The minimum absolute atomic E-state index is 0.177. The molecule has 0 amide bonds. The van der Waals surface area contributed by atoms with Crippen LogP contribution in [-0.4, -0.2) is 30.6 Å². The van der Waals surface area contributed by atoms with E-state index < -0.39 is 0 Å². The first kappa shape index (κ1) is 15.5. The van der Waals surface area contributed by atoms with Gasteiger partial charge >= 0.3 is 0 Å². The molecule has 1 aliphatic rings. The maximum absolute atomic E-state index is 6.63. The number of likely N-dealkylation sites (N-methyl/N-ethyl adjacent to an activating group) is 1. The third-order valence-electron chi connectivity index (χ3n) is 4.82. The fourth-order valence-electron chi connectivity index (χ4n) is 3.27. The molecule has 2 nitrogen and oxygen atoms in total. The lowest BCUT2D eigenvalue weighted by atomic mass is 9.71. The number of nitrogens with zero attached hydrogens (tertiary/aromatic N) is 1. The van der Waals surface area contributed by atoms with Crippen LogP contribution in [0.4, 0.5) is 0 Å². The molecule has 0 aromatic carbocycles. The van der Waals surface area contributed by atoms with Gasteiger partial charge in [-0.1, -0.05) is 6.92 Å². The molecule has 0 bridgehead atoms. The van der Waals surface area contributed by atoms with E-state index in [0.717, 1.165) is 12.3 Å². The van der Waals surface area contributed by atoms with Crippen molar-refractivity contribution in [1.82, 2.24) is 4.90 Å². The zero-order chi connectivity index (χ0) is 14.0. The van der Waals surface area contributed by atoms with Gasteiger partial charge in [-0.2, -0.15) is 0 Å². The van der Waals surface area contributed by atoms with Crippen molar-refractivity contribution in [1.29, 1.82) is 0 Å². The Balaban J connectivity index is 2.13. The molecule has 0 aliphatic heterocycles. The van der Waals surface area contributed by atoms with E-state index in [1.807, 2.05) is 11.3 Å². The van der Waals surface area contributed by atoms with Crippen LogP contribution in [0.3, 0.4) is 0 Å². The van der Waals surface area contributed by atoms with Crippen LogP contribution in [0.5, 0.6) is 0 Å². The monoisotopic (exact) mass is 344 g/mol. The molecule has 1 aromatic heterocycles. The van der Waals surface area contributed by atoms with Crippen molar-refractivity contribution in [3.63, 3.8) is 0 Å². The van der Waals surface area contributed by atoms with Crippen LogP contribution >= 0.6 is 27.3 Å². The van der Waals surface area contributed by atoms with Gasteiger partial charge in [-0.05, 0) is 79.5 Å². The molecule has 0 saturated heterocycles. The van der Waals surface area contributed by atoms with Crippen molar-refractivity contribution < 1.29 is 0 Å². The first-order valence-corrected chi connectivity index (χ1v) is 8.78. The van der Waals surface area contributed by atoms with Gasteiger partial charge in [-0.3, -0.25) is 0 Å². The average Bonchev–Trinajstić information content (AvgIpc) is 2.76. The van der Waals surface area contributed by atoms with Gasteiger partial charge < -0.3 is 10.6 Å². The van der Waals surface area contributed by atoms with Gasteiger partial charge in [-0.15, -0.1) is 11.3 Å². The lowest BCUT2D eigenvalue weighted by Gasteiger charge is -2.48. The van der Waals surface area contributed by atoms with Gasteiger partial charge in [0.2, 0.25) is 0 Å². The highest BCUT2D eigenvalue weighted by Gasteiger charge is 2.41. The predicted octanol–water partition coefficient (Wildman–Crippen LogP) is 3.89. The molecule has 1 aliphatic carbocycles. The Hall–Kier alpha value is 0.1000. The maximum Gasteiger partial charge on any atom is 0.0358 e. The van der Waals surface area contributed by atoms with E-state index in [4.69, 9.17) is 5.73 Å². The number of rotatable bonds is 4. The molecule has 1 atom stereocenters. The molecule has 1 heterocycles. The quantitative estimate of drug-likeness (QED) is 0.897. The zero-order valence-electron chi connectivity index (χ0n) is 12.2. The van der Waals surface area contributed by atoms with Gasteiger partial charge in [0.1, 0.15) is 0 Å². The number of hydrogen-bond donors (Lipinski definition) is 1. The SMILES string of the molecule is CC1CCC(C(N)Cc2sccc2Br)(N(C)C)CC1. The first-order valence-electron chi connectivity index (χ1n) is 7.10. The summed E-state index contributed by atoms with van der Waals surface area (Å²) in [6.45, 7) is 2.36. The fourth-order valence-corrected chi connectivity index (χ4v) is 4.85. The number of hydrogen-bond acceptors (Lipinski definition) is 3. The number of nitrogens with two attached hydrogens (primary N) is 1. The summed E-state index contributed by atoms with van der Waals surface area (Å²) in [5.41, 5.74) is 6.81. The second-order valence-corrected chi connectivity index (χ2v) is 8.04. The van der Waals surface area contributed by atoms with Crippen LogP contribution in [0, 0.1) is 5.92 Å². The molecule has 1 aromatic rings. The number of halogens is 1. The Kier molecular flexibility index (Phi) is 5.09. The molecule has 19 heavy (non-hydrogen) atoms. The van der Waals surface area contributed by atoms with E-state index in [1.165, 1.54) is 35.0 Å². The highest BCUT2D eigenvalue weighted by molar-refractivity contribution is 9.10. The molecule has 1 unspecified atom stereocenters. The van der Waals surface area contributed by atoms with Crippen molar-refractivity contribution in [3.05, 3.63) is 20.8 Å². The molecule has 1 saturated carbocycles. The zero-order valence-corrected chi connectivity index (χ0v) is 14.6. The maximum atomic E-state index is 6.63. The molecule has 2 N–H and O–H groups in total. The normalized spacial score (nSPS) is 29.7. The molecular formula is C15H25BrN2S. The van der Waals surface area contributed by atoms with Crippen molar-refractivity contribution in [2.45, 2.75) is 50.6 Å². The predicted molar refractivity (Wildman–Crippen MR) is 87.7 cm³/mol. The van der Waals surface area contributed by atoms with E-state index in [1.54, 1.807) is 0 Å². The summed E-state index contributed by atoms with van der Waals surface area (Å²) in [4.78, 5) is 3.76. The average molecular weight is 345 g/mol. The standard InChI is InChI=1S/C15H25BrN2S/c1-11-4-7-15(8-5-11,18(2)3)14(17)10-13-12(16)6-9-19-13/h6,9,11,14H,4-5,7-8,10,17H2,1-3H3. The molecule has 0 radical (unpaired) electrons. The Morgan fingerprint density at radius 3 is 2.58 bits per heavy atom. The van der Waals surface area contributed by atoms with Gasteiger partial charge in [0.25, 0.3) is 0 Å². The van der Waals surface area contributed by atoms with Crippen molar-refractivity contribution in [2.75, 3.05) is 14.1 Å². The lowest BCUT2D eigenvalue weighted by Crippen LogP contribution is -2.59. The third kappa shape index (κ3) is 3.23. The van der Waals surface area contributed by atoms with Crippen LogP contribution < -0.4 is 5.73 Å². The van der Waals surface area contributed by atoms with E-state index in [2.05, 4.69) is 53.3 Å². The second-order valence-electron chi connectivity index (χ2n) is 6.18. The Labute approximate surface area is 129 Å². The van der Waals surface area contributed by atoms with Gasteiger partial charge in [-0.25, -0.2) is 0 Å². The highest BCUT2D eigenvalue weighted by atomic mass is 79.9. The Morgan fingerprint density at radius 1 is 1.47 bits per heavy atom. The highest BCUT2D eigenvalue weighted by Crippen LogP contribution is 2.39. The fraction of sp³-hybridized carbons (Fsp3) is 0.733. The Bertz CT molecular complexity index is 408. The van der Waals surface area contributed by atoms with E-state index in [9.17, 15) is 0 Å². The van der Waals surface area contributed by atoms with Gasteiger partial charge in [0.05, 0.1) is 0 Å². The van der Waals surface area contributed by atoms with Crippen LogP contribution in [0.2, 0.25) is 0 Å². The molecule has 0 spiro atoms. The summed E-state index contributed by atoms with van der Waals surface area (Å²) in [7, 11) is 4.39. The van der Waals surface area contributed by atoms with Gasteiger partial charge in [0.15, 0.2) is 0 Å². The number of thiophene rings is 1. The van der Waals surface area contributed by atoms with Crippen molar-refractivity contribution >= 4 is 27.3 Å². The summed E-state index contributed by atoms with van der Waals surface area (Å²) < 4.78 is 1.21. The van der Waals surface area contributed by atoms with Crippen LogP contribution in [-0.2, 0) is 6.42 Å². The molecule has 2 rings (SSSR count). The van der Waals surface area contributed by atoms with E-state index >= 15 is 0 Å². The second kappa shape index (κ2) is 6.25. The third-order valence-corrected chi connectivity index (χ3v) is 6.77. The smallest absolute Gasteiger partial charge is 0.0358 e. The van der Waals surface area contributed by atoms with Crippen LogP contribution in [0.25, 0.3) is 0 Å². The Morgan fingerprint density at radius 2 is 2.11 bits per heavy atom.